The smallest absolute Gasteiger partial charge is 0.251 e. The average molecular weight is 497 g/mol. The second-order valence-corrected chi connectivity index (χ2v) is 9.70. The van der Waals surface area contributed by atoms with E-state index in [4.69, 9.17) is 0 Å². The van der Waals surface area contributed by atoms with Crippen LogP contribution in [0.25, 0.3) is 0 Å². The van der Waals surface area contributed by atoms with Gasteiger partial charge in [0.15, 0.2) is 24.8 Å². The molecule has 2 heterocycles. The normalized spacial score (nSPS) is 10.8. The van der Waals surface area contributed by atoms with Crippen molar-refractivity contribution in [3.8, 4) is 0 Å². The SMILES string of the molecule is CCCCNC(=O)c1cc[n+](CCCCCCCCCC[n+]2ccc(C(=O)NCCCC)cc2)cc1. The van der Waals surface area contributed by atoms with E-state index in [1.807, 2.05) is 49.1 Å². The molecule has 198 valence electrons. The number of nitrogens with one attached hydrogen (secondary N) is 2. The van der Waals surface area contributed by atoms with Gasteiger partial charge in [0, 0.05) is 50.2 Å². The summed E-state index contributed by atoms with van der Waals surface area (Å²) in [6, 6.07) is 7.66. The predicted molar refractivity (Wildman–Crippen MR) is 145 cm³/mol. The van der Waals surface area contributed by atoms with Crippen molar-refractivity contribution in [3.05, 3.63) is 60.2 Å². The Balaban J connectivity index is 1.46. The highest BCUT2D eigenvalue weighted by Crippen LogP contribution is 2.09. The molecule has 0 aliphatic carbocycles. The number of nitrogens with zero attached hydrogens (tertiary/aromatic N) is 2. The predicted octanol–water partition coefficient (Wildman–Crippen LogP) is 5.14. The molecule has 2 aromatic heterocycles. The monoisotopic (exact) mass is 496 g/mol. The molecule has 36 heavy (non-hydrogen) atoms. The summed E-state index contributed by atoms with van der Waals surface area (Å²) >= 11 is 0. The summed E-state index contributed by atoms with van der Waals surface area (Å²) < 4.78 is 4.35. The van der Waals surface area contributed by atoms with Crippen molar-refractivity contribution in [1.82, 2.24) is 10.6 Å². The Morgan fingerprint density at radius 2 is 0.889 bits per heavy atom. The molecule has 0 unspecified atom stereocenters. The van der Waals surface area contributed by atoms with Crippen LogP contribution in [0.1, 0.15) is 112 Å². The van der Waals surface area contributed by atoms with Gasteiger partial charge in [0.05, 0.1) is 11.1 Å². The molecule has 0 aliphatic rings. The van der Waals surface area contributed by atoms with E-state index in [1.165, 1.54) is 51.4 Å². The number of carbonyl (C=O) groups excluding carboxylic acids is 2. The minimum atomic E-state index is 0.0225. The van der Waals surface area contributed by atoms with Crippen molar-refractivity contribution in [1.29, 1.82) is 0 Å². The summed E-state index contributed by atoms with van der Waals surface area (Å²) in [5.41, 5.74) is 1.48. The number of carbonyl (C=O) groups is 2. The number of unbranched alkanes of at least 4 members (excludes halogenated alkanes) is 9. The molecule has 0 spiro atoms. The molecule has 0 aromatic carbocycles. The highest BCUT2D eigenvalue weighted by Gasteiger charge is 2.09. The summed E-state index contributed by atoms with van der Waals surface area (Å²) in [6.07, 6.45) is 22.3. The maximum absolute atomic E-state index is 12.1. The highest BCUT2D eigenvalue weighted by atomic mass is 16.2. The van der Waals surface area contributed by atoms with Crippen LogP contribution in [-0.4, -0.2) is 24.9 Å². The number of amides is 2. The zero-order valence-corrected chi connectivity index (χ0v) is 22.6. The Hall–Kier alpha value is -2.76. The van der Waals surface area contributed by atoms with Gasteiger partial charge in [-0.3, -0.25) is 9.59 Å². The third-order valence-electron chi connectivity index (χ3n) is 6.52. The van der Waals surface area contributed by atoms with Crippen LogP contribution in [0.5, 0.6) is 0 Å². The van der Waals surface area contributed by atoms with Gasteiger partial charge in [-0.05, 0) is 25.7 Å². The first kappa shape index (κ1) is 29.5. The van der Waals surface area contributed by atoms with E-state index in [2.05, 4.69) is 33.6 Å². The fourth-order valence-electron chi connectivity index (χ4n) is 4.13. The summed E-state index contributed by atoms with van der Waals surface area (Å²) in [5.74, 6) is 0.0450. The lowest BCUT2D eigenvalue weighted by Gasteiger charge is -2.04. The van der Waals surface area contributed by atoms with Gasteiger partial charge in [-0.25, -0.2) is 9.13 Å². The molecule has 0 bridgehead atoms. The minimum Gasteiger partial charge on any atom is -0.352 e. The Bertz CT molecular complexity index is 792. The maximum Gasteiger partial charge on any atom is 0.251 e. The standard InChI is InChI=1S/C30H46N4O2/c1-3-5-19-31-29(35)27-15-23-33(24-16-27)21-13-11-9-7-8-10-12-14-22-34-25-17-28(18-26-34)30(36)32-20-6-4-2/h15-18,23-26H,3-14,19-22H2,1-2H3/p+2. The summed E-state index contributed by atoms with van der Waals surface area (Å²) in [6.45, 7) is 7.76. The number of hydrogen-bond acceptors (Lipinski definition) is 2. The summed E-state index contributed by atoms with van der Waals surface area (Å²) in [5, 5.41) is 5.92. The van der Waals surface area contributed by atoms with Crippen LogP contribution in [0, 0.1) is 0 Å². The van der Waals surface area contributed by atoms with Gasteiger partial charge < -0.3 is 10.6 Å². The molecular formula is C30H48N4O2+2. The molecule has 2 aromatic rings. The number of hydrogen-bond donors (Lipinski definition) is 2. The average Bonchev–Trinajstić information content (AvgIpc) is 2.90. The molecule has 6 heteroatoms. The molecule has 0 radical (unpaired) electrons. The number of rotatable bonds is 19. The van der Waals surface area contributed by atoms with E-state index in [0.29, 0.717) is 0 Å². The van der Waals surface area contributed by atoms with Crippen molar-refractivity contribution >= 4 is 11.8 Å². The van der Waals surface area contributed by atoms with Crippen molar-refractivity contribution in [2.75, 3.05) is 13.1 Å². The van der Waals surface area contributed by atoms with E-state index in [1.54, 1.807) is 0 Å². The number of aromatic nitrogens is 2. The Morgan fingerprint density at radius 3 is 1.22 bits per heavy atom. The Kier molecular flexibility index (Phi) is 15.1. The van der Waals surface area contributed by atoms with Gasteiger partial charge in [-0.1, -0.05) is 52.4 Å². The molecule has 0 saturated carbocycles. The van der Waals surface area contributed by atoms with Crippen LogP contribution >= 0.6 is 0 Å². The molecule has 2 rings (SSSR count). The first-order valence-corrected chi connectivity index (χ1v) is 14.2. The van der Waals surface area contributed by atoms with Crippen molar-refractivity contribution < 1.29 is 18.7 Å². The summed E-state index contributed by atoms with van der Waals surface area (Å²) in [4.78, 5) is 24.1. The molecule has 2 N–H and O–H groups in total. The number of pyridine rings is 2. The largest absolute Gasteiger partial charge is 0.352 e. The fraction of sp³-hybridized carbons (Fsp3) is 0.600. The molecule has 2 amide bonds. The Labute approximate surface area is 218 Å². The molecule has 0 aliphatic heterocycles. The van der Waals surface area contributed by atoms with Gasteiger partial charge in [-0.15, -0.1) is 0 Å². The minimum absolute atomic E-state index is 0.0225. The lowest BCUT2D eigenvalue weighted by molar-refractivity contribution is -0.697. The van der Waals surface area contributed by atoms with E-state index in [9.17, 15) is 9.59 Å². The third-order valence-corrected chi connectivity index (χ3v) is 6.52. The van der Waals surface area contributed by atoms with Crippen LogP contribution in [-0.2, 0) is 13.1 Å². The lowest BCUT2D eigenvalue weighted by atomic mass is 10.1. The highest BCUT2D eigenvalue weighted by molar-refractivity contribution is 5.94. The number of aryl methyl sites for hydroxylation is 2. The summed E-state index contributed by atoms with van der Waals surface area (Å²) in [7, 11) is 0. The van der Waals surface area contributed by atoms with Gasteiger partial charge in [0.2, 0.25) is 0 Å². The zero-order chi connectivity index (χ0) is 25.8. The van der Waals surface area contributed by atoms with Crippen molar-refractivity contribution in [2.45, 2.75) is 104 Å². The van der Waals surface area contributed by atoms with Crippen LogP contribution in [0.3, 0.4) is 0 Å². The van der Waals surface area contributed by atoms with Crippen LogP contribution in [0.15, 0.2) is 49.1 Å². The van der Waals surface area contributed by atoms with E-state index in [-0.39, 0.29) is 11.8 Å². The van der Waals surface area contributed by atoms with Crippen LogP contribution in [0.4, 0.5) is 0 Å². The van der Waals surface area contributed by atoms with Crippen LogP contribution in [0.2, 0.25) is 0 Å². The molecule has 0 atom stereocenters. The molecule has 0 saturated heterocycles. The third kappa shape index (κ3) is 12.3. The van der Waals surface area contributed by atoms with E-state index >= 15 is 0 Å². The maximum atomic E-state index is 12.1. The molecule has 6 nitrogen and oxygen atoms in total. The van der Waals surface area contributed by atoms with Crippen LogP contribution < -0.4 is 19.8 Å². The Morgan fingerprint density at radius 1 is 0.556 bits per heavy atom. The first-order valence-electron chi connectivity index (χ1n) is 14.2. The first-order chi connectivity index (χ1) is 17.6. The second kappa shape index (κ2) is 18.5. The topological polar surface area (TPSA) is 66.0 Å². The second-order valence-electron chi connectivity index (χ2n) is 9.70. The van der Waals surface area contributed by atoms with Gasteiger partial charge in [0.1, 0.15) is 13.1 Å². The van der Waals surface area contributed by atoms with E-state index < -0.39 is 0 Å². The van der Waals surface area contributed by atoms with Gasteiger partial charge in [0.25, 0.3) is 11.8 Å². The fourth-order valence-corrected chi connectivity index (χ4v) is 4.13. The molecular weight excluding hydrogens is 448 g/mol. The van der Waals surface area contributed by atoms with E-state index in [0.717, 1.165) is 63.0 Å². The van der Waals surface area contributed by atoms with Crippen molar-refractivity contribution in [3.63, 3.8) is 0 Å². The molecule has 0 fully saturated rings. The van der Waals surface area contributed by atoms with Gasteiger partial charge >= 0.3 is 0 Å². The quantitative estimate of drug-likeness (QED) is 0.209. The lowest BCUT2D eigenvalue weighted by Crippen LogP contribution is -2.33. The zero-order valence-electron chi connectivity index (χ0n) is 22.6. The van der Waals surface area contributed by atoms with Crippen molar-refractivity contribution in [2.24, 2.45) is 0 Å². The van der Waals surface area contributed by atoms with Gasteiger partial charge in [-0.2, -0.15) is 0 Å².